The van der Waals surface area contributed by atoms with Gasteiger partial charge >= 0.3 is 0 Å². The molecule has 2 aromatic rings. The fourth-order valence-corrected chi connectivity index (χ4v) is 3.38. The zero-order chi connectivity index (χ0) is 24.5. The molecule has 0 spiro atoms. The molecule has 0 unspecified atom stereocenters. The number of rotatable bonds is 10. The van der Waals surface area contributed by atoms with Crippen LogP contribution in [0.1, 0.15) is 36.2 Å². The molecule has 2 rings (SSSR count). The Balaban J connectivity index is 2.26. The Labute approximate surface area is 191 Å². The molecule has 11 heteroatoms. The van der Waals surface area contributed by atoms with Gasteiger partial charge in [-0.2, -0.15) is 10.4 Å². The highest BCUT2D eigenvalue weighted by molar-refractivity contribution is 5.90. The lowest BCUT2D eigenvalue weighted by Gasteiger charge is -2.22. The summed E-state index contributed by atoms with van der Waals surface area (Å²) in [6.07, 6.45) is 1.33. The van der Waals surface area contributed by atoms with Crippen molar-refractivity contribution in [3.05, 3.63) is 67.1 Å². The first-order valence-corrected chi connectivity index (χ1v) is 10.2. The van der Waals surface area contributed by atoms with Gasteiger partial charge in [0, 0.05) is 54.8 Å². The number of hydrazone groups is 1. The number of carbonyl (C=O) groups is 1. The summed E-state index contributed by atoms with van der Waals surface area (Å²) in [4.78, 5) is 37.7. The zero-order valence-electron chi connectivity index (χ0n) is 19.0. The second kappa shape index (κ2) is 11.5. The summed E-state index contributed by atoms with van der Waals surface area (Å²) in [6, 6.07) is 7.92. The standard InChI is InChI=1S/C22H26N6O5/c1-5-26(6-2)20-8-7-18(28(31)32)10-16(20)12-24-25-21(29)13-27-15(3)9-17(14-33-4)19(11-23)22(27)30/h7-10,12H,5-6,13-14H2,1-4H3,(H,25,29)/b24-12-. The number of nitro benzene ring substituents is 1. The number of non-ortho nitro benzene ring substituents is 1. The lowest BCUT2D eigenvalue weighted by molar-refractivity contribution is -0.384. The minimum atomic E-state index is -0.591. The van der Waals surface area contributed by atoms with Gasteiger partial charge in [-0.05, 0) is 32.9 Å². The van der Waals surface area contributed by atoms with E-state index in [1.807, 2.05) is 24.8 Å². The molecule has 0 aliphatic rings. The Morgan fingerprint density at radius 3 is 2.64 bits per heavy atom. The van der Waals surface area contributed by atoms with E-state index in [0.29, 0.717) is 29.9 Å². The molecule has 0 atom stereocenters. The highest BCUT2D eigenvalue weighted by atomic mass is 16.6. The molecule has 1 amide bonds. The number of nitriles is 1. The highest BCUT2D eigenvalue weighted by Gasteiger charge is 2.16. The van der Waals surface area contributed by atoms with Crippen LogP contribution < -0.4 is 15.9 Å². The van der Waals surface area contributed by atoms with Gasteiger partial charge in [-0.15, -0.1) is 0 Å². The van der Waals surface area contributed by atoms with Crippen molar-refractivity contribution in [1.29, 1.82) is 5.26 Å². The summed E-state index contributed by atoms with van der Waals surface area (Å²) >= 11 is 0. The highest BCUT2D eigenvalue weighted by Crippen LogP contribution is 2.24. The van der Waals surface area contributed by atoms with Crippen LogP contribution in [0.3, 0.4) is 0 Å². The van der Waals surface area contributed by atoms with Crippen LogP contribution in [0.5, 0.6) is 0 Å². The van der Waals surface area contributed by atoms with Crippen LogP contribution in [0, 0.1) is 28.4 Å². The Kier molecular flexibility index (Phi) is 8.82. The van der Waals surface area contributed by atoms with E-state index >= 15 is 0 Å². The molecule has 0 bridgehead atoms. The maximum absolute atomic E-state index is 12.6. The Bertz CT molecular complexity index is 1160. The number of anilines is 1. The molecule has 0 aliphatic heterocycles. The van der Waals surface area contributed by atoms with Crippen molar-refractivity contribution in [2.75, 3.05) is 25.1 Å². The van der Waals surface area contributed by atoms with Crippen molar-refractivity contribution < 1.29 is 14.5 Å². The molecule has 0 fully saturated rings. The molecule has 33 heavy (non-hydrogen) atoms. The number of pyridine rings is 1. The van der Waals surface area contributed by atoms with Gasteiger partial charge in [0.1, 0.15) is 18.2 Å². The number of ether oxygens (including phenoxy) is 1. The summed E-state index contributed by atoms with van der Waals surface area (Å²) in [5.41, 5.74) is 3.72. The van der Waals surface area contributed by atoms with E-state index in [9.17, 15) is 25.0 Å². The van der Waals surface area contributed by atoms with E-state index in [0.717, 1.165) is 5.69 Å². The molecule has 1 aromatic carbocycles. The van der Waals surface area contributed by atoms with Crippen LogP contribution in [0.25, 0.3) is 0 Å². The van der Waals surface area contributed by atoms with Crippen LogP contribution >= 0.6 is 0 Å². The summed E-state index contributed by atoms with van der Waals surface area (Å²) in [5, 5.41) is 24.4. The Morgan fingerprint density at radius 1 is 1.36 bits per heavy atom. The average molecular weight is 454 g/mol. The molecule has 174 valence electrons. The van der Waals surface area contributed by atoms with Gasteiger partial charge in [-0.25, -0.2) is 5.43 Å². The quantitative estimate of drug-likeness (QED) is 0.329. The van der Waals surface area contributed by atoms with Crippen LogP contribution in [-0.2, 0) is 22.7 Å². The lowest BCUT2D eigenvalue weighted by Crippen LogP contribution is -2.33. The molecule has 0 aliphatic carbocycles. The van der Waals surface area contributed by atoms with E-state index in [4.69, 9.17) is 4.74 Å². The second-order valence-corrected chi connectivity index (χ2v) is 7.09. The van der Waals surface area contributed by atoms with Gasteiger partial charge in [0.25, 0.3) is 17.2 Å². The van der Waals surface area contributed by atoms with Crippen molar-refractivity contribution >= 4 is 23.5 Å². The predicted molar refractivity (Wildman–Crippen MR) is 123 cm³/mol. The molecular weight excluding hydrogens is 428 g/mol. The number of nitro groups is 1. The Hall–Kier alpha value is -4.04. The summed E-state index contributed by atoms with van der Waals surface area (Å²) in [7, 11) is 1.46. The summed E-state index contributed by atoms with van der Waals surface area (Å²) in [6.45, 7) is 6.70. The number of amides is 1. The molecular formula is C22H26N6O5. The number of nitrogens with zero attached hydrogens (tertiary/aromatic N) is 5. The van der Waals surface area contributed by atoms with E-state index in [1.54, 1.807) is 19.1 Å². The molecule has 0 radical (unpaired) electrons. The molecule has 1 N–H and O–H groups in total. The molecule has 1 heterocycles. The second-order valence-electron chi connectivity index (χ2n) is 7.09. The third-order valence-electron chi connectivity index (χ3n) is 5.02. The van der Waals surface area contributed by atoms with E-state index in [2.05, 4.69) is 10.5 Å². The van der Waals surface area contributed by atoms with Crippen molar-refractivity contribution in [2.24, 2.45) is 5.10 Å². The van der Waals surface area contributed by atoms with Crippen LogP contribution in [-0.4, -0.2) is 41.8 Å². The van der Waals surface area contributed by atoms with Gasteiger partial charge in [0.2, 0.25) is 0 Å². The van der Waals surface area contributed by atoms with Crippen molar-refractivity contribution in [3.63, 3.8) is 0 Å². The number of hydrogen-bond donors (Lipinski definition) is 1. The monoisotopic (exact) mass is 454 g/mol. The maximum atomic E-state index is 12.6. The maximum Gasteiger partial charge on any atom is 0.270 e. The minimum absolute atomic E-state index is 0.0841. The largest absolute Gasteiger partial charge is 0.380 e. The average Bonchev–Trinajstić information content (AvgIpc) is 2.78. The van der Waals surface area contributed by atoms with Crippen LogP contribution in [0.15, 0.2) is 34.2 Å². The zero-order valence-corrected chi connectivity index (χ0v) is 19.0. The van der Waals surface area contributed by atoms with Crippen molar-refractivity contribution in [2.45, 2.75) is 33.9 Å². The van der Waals surface area contributed by atoms with Gasteiger partial charge in [0.15, 0.2) is 0 Å². The van der Waals surface area contributed by atoms with Gasteiger partial charge in [0.05, 0.1) is 17.7 Å². The van der Waals surface area contributed by atoms with Crippen molar-refractivity contribution in [1.82, 2.24) is 9.99 Å². The first-order chi connectivity index (χ1) is 15.8. The molecule has 0 saturated heterocycles. The number of methoxy groups -OCH3 is 1. The first-order valence-electron chi connectivity index (χ1n) is 10.2. The molecule has 0 saturated carbocycles. The third-order valence-corrected chi connectivity index (χ3v) is 5.02. The number of benzene rings is 1. The van der Waals surface area contributed by atoms with Crippen LogP contribution in [0.4, 0.5) is 11.4 Å². The van der Waals surface area contributed by atoms with Crippen LogP contribution in [0.2, 0.25) is 0 Å². The number of nitrogens with one attached hydrogen (secondary N) is 1. The van der Waals surface area contributed by atoms with Gasteiger partial charge in [-0.3, -0.25) is 19.7 Å². The normalized spacial score (nSPS) is 10.8. The van der Waals surface area contributed by atoms with Gasteiger partial charge in [-0.1, -0.05) is 0 Å². The van der Waals surface area contributed by atoms with E-state index < -0.39 is 16.4 Å². The SMILES string of the molecule is CCN(CC)c1ccc([N+](=O)[O-])cc1/C=N\NC(=O)Cn1c(C)cc(COC)c(C#N)c1=O. The number of aromatic nitrogens is 1. The number of aryl methyl sites for hydroxylation is 1. The van der Waals surface area contributed by atoms with Gasteiger partial charge < -0.3 is 14.2 Å². The molecule has 1 aromatic heterocycles. The minimum Gasteiger partial charge on any atom is -0.380 e. The molecule has 11 nitrogen and oxygen atoms in total. The smallest absolute Gasteiger partial charge is 0.270 e. The fraction of sp³-hybridized carbons (Fsp3) is 0.364. The Morgan fingerprint density at radius 2 is 2.06 bits per heavy atom. The summed E-state index contributed by atoms with van der Waals surface area (Å²) < 4.78 is 6.20. The predicted octanol–water partition coefficient (Wildman–Crippen LogP) is 2.08. The first kappa shape index (κ1) is 25.2. The third kappa shape index (κ3) is 6.02. The van der Waals surface area contributed by atoms with E-state index in [-0.39, 0.29) is 24.4 Å². The number of hydrogen-bond acceptors (Lipinski definition) is 8. The fourth-order valence-electron chi connectivity index (χ4n) is 3.38. The topological polar surface area (TPSA) is 143 Å². The number of carbonyl (C=O) groups excluding carboxylic acids is 1. The summed E-state index contributed by atoms with van der Waals surface area (Å²) in [5.74, 6) is -0.588. The van der Waals surface area contributed by atoms with E-state index in [1.165, 1.54) is 30.0 Å². The lowest BCUT2D eigenvalue weighted by atomic mass is 10.1. The van der Waals surface area contributed by atoms with Crippen molar-refractivity contribution in [3.8, 4) is 6.07 Å².